The maximum absolute atomic E-state index is 12.6. The Morgan fingerprint density at radius 3 is 2.19 bits per heavy atom. The van der Waals surface area contributed by atoms with Crippen LogP contribution in [-0.4, -0.2) is 18.0 Å². The minimum atomic E-state index is 0.232. The summed E-state index contributed by atoms with van der Waals surface area (Å²) in [6.07, 6.45) is 10.6. The van der Waals surface area contributed by atoms with Gasteiger partial charge in [-0.15, -0.1) is 0 Å². The van der Waals surface area contributed by atoms with Crippen molar-refractivity contribution in [1.29, 1.82) is 0 Å². The van der Waals surface area contributed by atoms with E-state index in [1.165, 1.54) is 32.1 Å². The van der Waals surface area contributed by atoms with Gasteiger partial charge in [0, 0.05) is 18.0 Å². The van der Waals surface area contributed by atoms with E-state index >= 15 is 0 Å². The van der Waals surface area contributed by atoms with Crippen LogP contribution >= 0.6 is 0 Å². The SMILES string of the molecule is CC1(C)CCC(NC(=O)C2CC3CCCC(C2)C3N)CC1. The molecular formula is C18H32N2O. The first kappa shape index (κ1) is 15.3. The maximum Gasteiger partial charge on any atom is 0.223 e. The van der Waals surface area contributed by atoms with Crippen molar-refractivity contribution in [1.82, 2.24) is 5.32 Å². The molecule has 0 heterocycles. The minimum Gasteiger partial charge on any atom is -0.353 e. The van der Waals surface area contributed by atoms with Gasteiger partial charge >= 0.3 is 0 Å². The highest BCUT2D eigenvalue weighted by Gasteiger charge is 2.41. The van der Waals surface area contributed by atoms with Gasteiger partial charge in [-0.25, -0.2) is 0 Å². The van der Waals surface area contributed by atoms with Gasteiger partial charge in [0.2, 0.25) is 5.91 Å². The highest BCUT2D eigenvalue weighted by molar-refractivity contribution is 5.79. The number of carbonyl (C=O) groups is 1. The van der Waals surface area contributed by atoms with Crippen LogP contribution in [0.3, 0.4) is 0 Å². The molecule has 21 heavy (non-hydrogen) atoms. The first-order chi connectivity index (χ1) is 9.94. The zero-order valence-electron chi connectivity index (χ0n) is 13.7. The van der Waals surface area contributed by atoms with Gasteiger partial charge < -0.3 is 11.1 Å². The van der Waals surface area contributed by atoms with Gasteiger partial charge in [0.15, 0.2) is 0 Å². The molecule has 0 aliphatic heterocycles. The molecule has 0 radical (unpaired) electrons. The van der Waals surface area contributed by atoms with Gasteiger partial charge in [0.05, 0.1) is 0 Å². The Kier molecular flexibility index (Phi) is 4.31. The van der Waals surface area contributed by atoms with Crippen LogP contribution in [0.5, 0.6) is 0 Å². The number of hydrogen-bond acceptors (Lipinski definition) is 2. The number of amides is 1. The number of nitrogens with two attached hydrogens (primary N) is 1. The van der Waals surface area contributed by atoms with E-state index in [1.807, 2.05) is 0 Å². The Balaban J connectivity index is 1.52. The lowest BCUT2D eigenvalue weighted by atomic mass is 9.65. The zero-order chi connectivity index (χ0) is 15.0. The summed E-state index contributed by atoms with van der Waals surface area (Å²) in [5, 5.41) is 3.35. The number of fused-ring (bicyclic) bond motifs is 2. The monoisotopic (exact) mass is 292 g/mol. The molecule has 120 valence electrons. The molecule has 3 N–H and O–H groups in total. The summed E-state index contributed by atoms with van der Waals surface area (Å²) in [5.74, 6) is 1.75. The highest BCUT2D eigenvalue weighted by atomic mass is 16.1. The molecular weight excluding hydrogens is 260 g/mol. The van der Waals surface area contributed by atoms with Gasteiger partial charge in [-0.05, 0) is 68.6 Å². The smallest absolute Gasteiger partial charge is 0.223 e. The lowest BCUT2D eigenvalue weighted by Gasteiger charge is -2.44. The summed E-state index contributed by atoms with van der Waals surface area (Å²) in [7, 11) is 0. The van der Waals surface area contributed by atoms with E-state index in [-0.39, 0.29) is 5.92 Å². The second kappa shape index (κ2) is 5.91. The molecule has 2 bridgehead atoms. The summed E-state index contributed by atoms with van der Waals surface area (Å²) in [4.78, 5) is 12.6. The van der Waals surface area contributed by atoms with Crippen LogP contribution in [0.25, 0.3) is 0 Å². The lowest BCUT2D eigenvalue weighted by molar-refractivity contribution is -0.129. The van der Waals surface area contributed by atoms with Crippen LogP contribution < -0.4 is 11.1 Å². The van der Waals surface area contributed by atoms with Crippen LogP contribution in [0.2, 0.25) is 0 Å². The van der Waals surface area contributed by atoms with Crippen molar-refractivity contribution in [3.05, 3.63) is 0 Å². The van der Waals surface area contributed by atoms with Crippen LogP contribution in [0, 0.1) is 23.2 Å². The number of rotatable bonds is 2. The largest absolute Gasteiger partial charge is 0.353 e. The molecule has 3 aliphatic rings. The number of hydrogen-bond donors (Lipinski definition) is 2. The second-order valence-corrected chi connectivity index (χ2v) is 8.64. The molecule has 0 aromatic heterocycles. The molecule has 2 atom stereocenters. The molecule has 0 saturated heterocycles. The standard InChI is InChI=1S/C18H32N2O/c1-18(2)8-6-15(7-9-18)20-17(21)14-10-12-4-3-5-13(11-14)16(12)19/h12-16H,3-11,19H2,1-2H3,(H,20,21). The van der Waals surface area contributed by atoms with Crippen LogP contribution in [0.15, 0.2) is 0 Å². The summed E-state index contributed by atoms with van der Waals surface area (Å²) < 4.78 is 0. The third kappa shape index (κ3) is 3.44. The van der Waals surface area contributed by atoms with Crippen LogP contribution in [0.4, 0.5) is 0 Å². The van der Waals surface area contributed by atoms with E-state index in [0.29, 0.717) is 35.2 Å². The Hall–Kier alpha value is -0.570. The Morgan fingerprint density at radius 2 is 1.62 bits per heavy atom. The predicted octanol–water partition coefficient (Wildman–Crippen LogP) is 3.23. The van der Waals surface area contributed by atoms with E-state index in [9.17, 15) is 4.79 Å². The van der Waals surface area contributed by atoms with Crippen LogP contribution in [-0.2, 0) is 4.79 Å². The molecule has 3 rings (SSSR count). The average molecular weight is 292 g/mol. The van der Waals surface area contributed by atoms with E-state index in [2.05, 4.69) is 19.2 Å². The quantitative estimate of drug-likeness (QED) is 0.821. The lowest BCUT2D eigenvalue weighted by Crippen LogP contribution is -2.50. The van der Waals surface area contributed by atoms with Gasteiger partial charge in [0.25, 0.3) is 0 Å². The fourth-order valence-corrected chi connectivity index (χ4v) is 4.87. The van der Waals surface area contributed by atoms with Crippen molar-refractivity contribution in [2.24, 2.45) is 28.9 Å². The van der Waals surface area contributed by atoms with Gasteiger partial charge in [-0.3, -0.25) is 4.79 Å². The van der Waals surface area contributed by atoms with Gasteiger partial charge in [-0.1, -0.05) is 20.3 Å². The molecule has 3 aliphatic carbocycles. The van der Waals surface area contributed by atoms with E-state index in [0.717, 1.165) is 25.7 Å². The normalized spacial score (nSPS) is 39.8. The summed E-state index contributed by atoms with van der Waals surface area (Å²) in [5.41, 5.74) is 6.80. The van der Waals surface area contributed by atoms with Gasteiger partial charge in [0.1, 0.15) is 0 Å². The minimum absolute atomic E-state index is 0.232. The van der Waals surface area contributed by atoms with Crippen molar-refractivity contribution >= 4 is 5.91 Å². The Morgan fingerprint density at radius 1 is 1.05 bits per heavy atom. The Bertz CT molecular complexity index is 369. The average Bonchev–Trinajstić information content (AvgIpc) is 2.41. The van der Waals surface area contributed by atoms with Crippen molar-refractivity contribution in [2.75, 3.05) is 0 Å². The second-order valence-electron chi connectivity index (χ2n) is 8.64. The first-order valence-corrected chi connectivity index (χ1v) is 9.00. The zero-order valence-corrected chi connectivity index (χ0v) is 13.7. The summed E-state index contributed by atoms with van der Waals surface area (Å²) in [6, 6.07) is 0.777. The first-order valence-electron chi connectivity index (χ1n) is 9.00. The number of carbonyl (C=O) groups excluding carboxylic acids is 1. The molecule has 1 amide bonds. The molecule has 0 aromatic rings. The molecule has 0 spiro atoms. The molecule has 2 unspecified atom stereocenters. The third-order valence-corrected chi connectivity index (χ3v) is 6.47. The van der Waals surface area contributed by atoms with Crippen molar-refractivity contribution in [2.45, 2.75) is 83.7 Å². The fourth-order valence-electron chi connectivity index (χ4n) is 4.87. The predicted molar refractivity (Wildman–Crippen MR) is 85.7 cm³/mol. The van der Waals surface area contributed by atoms with Crippen molar-refractivity contribution in [3.63, 3.8) is 0 Å². The fraction of sp³-hybridized carbons (Fsp3) is 0.944. The third-order valence-electron chi connectivity index (χ3n) is 6.47. The maximum atomic E-state index is 12.6. The van der Waals surface area contributed by atoms with Gasteiger partial charge in [-0.2, -0.15) is 0 Å². The van der Waals surface area contributed by atoms with E-state index in [4.69, 9.17) is 5.73 Å². The topological polar surface area (TPSA) is 55.1 Å². The summed E-state index contributed by atoms with van der Waals surface area (Å²) in [6.45, 7) is 4.68. The van der Waals surface area contributed by atoms with E-state index < -0.39 is 0 Å². The van der Waals surface area contributed by atoms with Crippen molar-refractivity contribution in [3.8, 4) is 0 Å². The van der Waals surface area contributed by atoms with Crippen LogP contribution in [0.1, 0.15) is 71.6 Å². The molecule has 3 heteroatoms. The number of nitrogens with one attached hydrogen (secondary N) is 1. The van der Waals surface area contributed by atoms with E-state index in [1.54, 1.807) is 0 Å². The molecule has 3 nitrogen and oxygen atoms in total. The molecule has 3 fully saturated rings. The molecule has 3 saturated carbocycles. The molecule has 0 aromatic carbocycles. The highest BCUT2D eigenvalue weighted by Crippen LogP contribution is 2.42. The Labute approximate surface area is 129 Å². The van der Waals surface area contributed by atoms with Crippen molar-refractivity contribution < 1.29 is 4.79 Å². The summed E-state index contributed by atoms with van der Waals surface area (Å²) >= 11 is 0.